The van der Waals surface area contributed by atoms with Crippen molar-refractivity contribution in [1.82, 2.24) is 4.90 Å². The lowest BCUT2D eigenvalue weighted by Crippen LogP contribution is -2.39. The molecule has 1 aliphatic heterocycles. The fraction of sp³-hybridized carbons (Fsp3) is 0.429. The molecule has 1 aromatic rings. The van der Waals surface area contributed by atoms with Crippen molar-refractivity contribution >= 4 is 11.8 Å². The van der Waals surface area contributed by atoms with Crippen molar-refractivity contribution < 1.29 is 14.7 Å². The van der Waals surface area contributed by atoms with Crippen LogP contribution in [0, 0.1) is 6.92 Å². The van der Waals surface area contributed by atoms with Crippen molar-refractivity contribution in [2.75, 3.05) is 13.1 Å². The molecule has 1 fully saturated rings. The van der Waals surface area contributed by atoms with Crippen molar-refractivity contribution in [1.29, 1.82) is 0 Å². The molecule has 2 rings (SSSR count). The average Bonchev–Trinajstić information content (AvgIpc) is 2.76. The van der Waals surface area contributed by atoms with E-state index in [0.717, 1.165) is 18.4 Å². The zero-order valence-corrected chi connectivity index (χ0v) is 10.4. The Kier molecular flexibility index (Phi) is 3.77. The van der Waals surface area contributed by atoms with Gasteiger partial charge < -0.3 is 5.11 Å². The number of carboxylic acid groups (broad SMARTS) is 1. The number of hydrogen-bond acceptors (Lipinski definition) is 3. The number of benzene rings is 1. The Morgan fingerprint density at radius 2 is 2.11 bits per heavy atom. The Balaban J connectivity index is 2.18. The molecule has 0 aliphatic carbocycles. The number of carboxylic acids is 1. The number of rotatable bonds is 4. The lowest BCUT2D eigenvalue weighted by atomic mass is 9.98. The molecule has 1 saturated heterocycles. The van der Waals surface area contributed by atoms with Gasteiger partial charge in [0.1, 0.15) is 0 Å². The van der Waals surface area contributed by atoms with E-state index in [1.165, 1.54) is 0 Å². The van der Waals surface area contributed by atoms with Crippen molar-refractivity contribution in [3.8, 4) is 0 Å². The van der Waals surface area contributed by atoms with Crippen molar-refractivity contribution in [2.45, 2.75) is 25.8 Å². The number of likely N-dealkylation sites (tertiary alicyclic amines) is 1. The minimum Gasteiger partial charge on any atom is -0.480 e. The van der Waals surface area contributed by atoms with Crippen LogP contribution in [0.4, 0.5) is 0 Å². The summed E-state index contributed by atoms with van der Waals surface area (Å²) in [5, 5.41) is 8.85. The zero-order valence-electron chi connectivity index (χ0n) is 10.4. The number of hydrogen-bond donors (Lipinski definition) is 1. The van der Waals surface area contributed by atoms with Gasteiger partial charge in [-0.15, -0.1) is 0 Å². The number of Topliss-reactive ketones (excluding diaryl/α,β-unsaturated/α-hetero) is 1. The predicted octanol–water partition coefficient (Wildman–Crippen LogP) is 1.73. The Hall–Kier alpha value is -1.68. The van der Waals surface area contributed by atoms with E-state index in [1.807, 2.05) is 31.2 Å². The van der Waals surface area contributed by atoms with Gasteiger partial charge in [0.15, 0.2) is 5.78 Å². The highest BCUT2D eigenvalue weighted by atomic mass is 16.4. The maximum absolute atomic E-state index is 12.4. The van der Waals surface area contributed by atoms with Gasteiger partial charge in [-0.3, -0.25) is 14.5 Å². The number of aryl methyl sites for hydroxylation is 1. The van der Waals surface area contributed by atoms with Gasteiger partial charge in [0.2, 0.25) is 0 Å². The van der Waals surface area contributed by atoms with Crippen molar-refractivity contribution in [3.63, 3.8) is 0 Å². The molecule has 18 heavy (non-hydrogen) atoms. The van der Waals surface area contributed by atoms with Crippen LogP contribution >= 0.6 is 0 Å². The minimum absolute atomic E-state index is 0.0480. The van der Waals surface area contributed by atoms with Crippen molar-refractivity contribution in [2.24, 2.45) is 0 Å². The minimum atomic E-state index is -0.875. The third-order valence-corrected chi connectivity index (χ3v) is 3.42. The third kappa shape index (κ3) is 2.59. The largest absolute Gasteiger partial charge is 0.480 e. The fourth-order valence-electron chi connectivity index (χ4n) is 2.51. The van der Waals surface area contributed by atoms with E-state index < -0.39 is 5.97 Å². The standard InChI is InChI=1S/C14H17NO3/c1-10-5-2-3-6-11(10)14(18)12-7-4-8-15(12)9-13(16)17/h2-3,5-6,12H,4,7-9H2,1H3,(H,16,17). The van der Waals surface area contributed by atoms with Gasteiger partial charge in [0, 0.05) is 5.56 Å². The zero-order chi connectivity index (χ0) is 13.1. The van der Waals surface area contributed by atoms with Crippen LogP contribution in [0.15, 0.2) is 24.3 Å². The second-order valence-corrected chi connectivity index (χ2v) is 4.70. The van der Waals surface area contributed by atoms with E-state index >= 15 is 0 Å². The third-order valence-electron chi connectivity index (χ3n) is 3.42. The summed E-state index contributed by atoms with van der Waals surface area (Å²) in [7, 11) is 0. The molecule has 0 spiro atoms. The first-order valence-electron chi connectivity index (χ1n) is 6.15. The van der Waals surface area contributed by atoms with Crippen LogP contribution in [0.5, 0.6) is 0 Å². The van der Waals surface area contributed by atoms with Crippen molar-refractivity contribution in [3.05, 3.63) is 35.4 Å². The van der Waals surface area contributed by atoms with Crippen LogP contribution in [0.1, 0.15) is 28.8 Å². The van der Waals surface area contributed by atoms with E-state index in [2.05, 4.69) is 0 Å². The Labute approximate surface area is 106 Å². The van der Waals surface area contributed by atoms with Gasteiger partial charge in [-0.25, -0.2) is 0 Å². The molecule has 1 atom stereocenters. The maximum Gasteiger partial charge on any atom is 0.317 e. The van der Waals surface area contributed by atoms with Crippen LogP contribution in [0.2, 0.25) is 0 Å². The van der Waals surface area contributed by atoms with Crippen LogP contribution < -0.4 is 0 Å². The summed E-state index contributed by atoms with van der Waals surface area (Å²) in [4.78, 5) is 25.0. The lowest BCUT2D eigenvalue weighted by molar-refractivity contribution is -0.138. The Morgan fingerprint density at radius 1 is 1.39 bits per heavy atom. The number of carbonyl (C=O) groups excluding carboxylic acids is 1. The van der Waals surface area contributed by atoms with Gasteiger partial charge >= 0.3 is 5.97 Å². The number of aliphatic carboxylic acids is 1. The van der Waals surface area contributed by atoms with Gasteiger partial charge in [0.25, 0.3) is 0 Å². The van der Waals surface area contributed by atoms with Crippen LogP contribution in [0.3, 0.4) is 0 Å². The number of ketones is 1. The summed E-state index contributed by atoms with van der Waals surface area (Å²) in [6.45, 7) is 2.54. The molecule has 1 heterocycles. The molecular formula is C14H17NO3. The first kappa shape index (κ1) is 12.8. The molecule has 1 aliphatic rings. The fourth-order valence-corrected chi connectivity index (χ4v) is 2.51. The molecule has 0 aromatic heterocycles. The van der Waals surface area contributed by atoms with E-state index in [0.29, 0.717) is 12.1 Å². The normalized spacial score (nSPS) is 19.9. The molecule has 1 N–H and O–H groups in total. The smallest absolute Gasteiger partial charge is 0.317 e. The molecule has 0 amide bonds. The molecule has 4 nitrogen and oxygen atoms in total. The summed E-state index contributed by atoms with van der Waals surface area (Å²) in [6, 6.07) is 7.19. The summed E-state index contributed by atoms with van der Waals surface area (Å²) in [6.07, 6.45) is 1.63. The number of nitrogens with zero attached hydrogens (tertiary/aromatic N) is 1. The topological polar surface area (TPSA) is 57.6 Å². The molecule has 0 bridgehead atoms. The van der Waals surface area contributed by atoms with E-state index in [-0.39, 0.29) is 18.4 Å². The van der Waals surface area contributed by atoms with Gasteiger partial charge in [0.05, 0.1) is 12.6 Å². The monoisotopic (exact) mass is 247 g/mol. The summed E-state index contributed by atoms with van der Waals surface area (Å²) in [5.41, 5.74) is 1.66. The Morgan fingerprint density at radius 3 is 2.78 bits per heavy atom. The molecule has 0 saturated carbocycles. The molecule has 4 heteroatoms. The van der Waals surface area contributed by atoms with Crippen LogP contribution in [-0.2, 0) is 4.79 Å². The Bertz CT molecular complexity index is 470. The number of carbonyl (C=O) groups is 2. The predicted molar refractivity (Wildman–Crippen MR) is 67.7 cm³/mol. The quantitative estimate of drug-likeness (QED) is 0.823. The molecule has 96 valence electrons. The summed E-state index contributed by atoms with van der Waals surface area (Å²) in [5.74, 6) is -0.827. The van der Waals surface area contributed by atoms with E-state index in [9.17, 15) is 9.59 Å². The average molecular weight is 247 g/mol. The van der Waals surface area contributed by atoms with Gasteiger partial charge in [-0.05, 0) is 31.9 Å². The summed E-state index contributed by atoms with van der Waals surface area (Å²) < 4.78 is 0. The molecule has 1 unspecified atom stereocenters. The second-order valence-electron chi connectivity index (χ2n) is 4.70. The highest BCUT2D eigenvalue weighted by molar-refractivity contribution is 6.01. The summed E-state index contributed by atoms with van der Waals surface area (Å²) >= 11 is 0. The van der Waals surface area contributed by atoms with Crippen LogP contribution in [0.25, 0.3) is 0 Å². The SMILES string of the molecule is Cc1ccccc1C(=O)C1CCCN1CC(=O)O. The van der Waals surface area contributed by atoms with Gasteiger partial charge in [-0.1, -0.05) is 24.3 Å². The van der Waals surface area contributed by atoms with E-state index in [4.69, 9.17) is 5.11 Å². The first-order valence-corrected chi connectivity index (χ1v) is 6.15. The highest BCUT2D eigenvalue weighted by Gasteiger charge is 2.32. The van der Waals surface area contributed by atoms with E-state index in [1.54, 1.807) is 4.90 Å². The molecule has 1 aromatic carbocycles. The maximum atomic E-state index is 12.4. The van der Waals surface area contributed by atoms with Gasteiger partial charge in [-0.2, -0.15) is 0 Å². The molecular weight excluding hydrogens is 230 g/mol. The lowest BCUT2D eigenvalue weighted by Gasteiger charge is -2.21. The molecule has 0 radical (unpaired) electrons. The highest BCUT2D eigenvalue weighted by Crippen LogP contribution is 2.22. The first-order chi connectivity index (χ1) is 8.59. The van der Waals surface area contributed by atoms with Crippen LogP contribution in [-0.4, -0.2) is 40.9 Å². The second kappa shape index (κ2) is 5.31.